The van der Waals surface area contributed by atoms with Crippen LogP contribution in [0.2, 0.25) is 0 Å². The lowest BCUT2D eigenvalue weighted by Crippen LogP contribution is -2.44. The number of aryl methyl sites for hydroxylation is 1. The molecule has 4 heteroatoms. The van der Waals surface area contributed by atoms with E-state index in [0.717, 1.165) is 43.7 Å². The molecule has 20 heavy (non-hydrogen) atoms. The number of nitrogens with zero attached hydrogens (tertiary/aromatic N) is 1. The molecule has 2 rings (SSSR count). The summed E-state index contributed by atoms with van der Waals surface area (Å²) >= 11 is 0. The predicted molar refractivity (Wildman–Crippen MR) is 77.8 cm³/mol. The zero-order valence-electron chi connectivity index (χ0n) is 12.5. The second-order valence-electron chi connectivity index (χ2n) is 5.32. The fourth-order valence-electron chi connectivity index (χ4n) is 2.83. The van der Waals surface area contributed by atoms with E-state index in [2.05, 4.69) is 17.9 Å². The van der Waals surface area contributed by atoms with Crippen LogP contribution in [0.25, 0.3) is 0 Å². The Balaban J connectivity index is 2.18. The topological polar surface area (TPSA) is 38.8 Å². The van der Waals surface area contributed by atoms with Gasteiger partial charge in [-0.25, -0.2) is 0 Å². The van der Waals surface area contributed by atoms with Gasteiger partial charge in [-0.2, -0.15) is 0 Å². The Morgan fingerprint density at radius 2 is 2.15 bits per heavy atom. The van der Waals surface area contributed by atoms with Crippen molar-refractivity contribution in [3.63, 3.8) is 0 Å². The zero-order valence-corrected chi connectivity index (χ0v) is 12.5. The molecule has 4 nitrogen and oxygen atoms in total. The van der Waals surface area contributed by atoms with Gasteiger partial charge >= 0.3 is 5.97 Å². The summed E-state index contributed by atoms with van der Waals surface area (Å²) in [5, 5.41) is 0. The Kier molecular flexibility index (Phi) is 5.01. The van der Waals surface area contributed by atoms with Crippen molar-refractivity contribution in [1.29, 1.82) is 0 Å². The molecule has 0 aromatic heterocycles. The van der Waals surface area contributed by atoms with Gasteiger partial charge in [0.05, 0.1) is 14.2 Å². The van der Waals surface area contributed by atoms with Crippen LogP contribution in [0, 0.1) is 6.92 Å². The Morgan fingerprint density at radius 1 is 1.35 bits per heavy atom. The van der Waals surface area contributed by atoms with Crippen LogP contribution in [0.1, 0.15) is 30.4 Å². The number of benzene rings is 1. The quantitative estimate of drug-likeness (QED) is 0.793. The lowest BCUT2D eigenvalue weighted by atomic mass is 10.0. The molecule has 1 fully saturated rings. The van der Waals surface area contributed by atoms with Crippen molar-refractivity contribution in [3.05, 3.63) is 29.3 Å². The molecule has 1 aromatic rings. The first-order valence-corrected chi connectivity index (χ1v) is 7.11. The third-order valence-electron chi connectivity index (χ3n) is 3.90. The highest BCUT2D eigenvalue weighted by molar-refractivity contribution is 5.75. The van der Waals surface area contributed by atoms with Crippen molar-refractivity contribution in [2.24, 2.45) is 0 Å². The van der Waals surface area contributed by atoms with Crippen LogP contribution >= 0.6 is 0 Å². The molecule has 1 atom stereocenters. The van der Waals surface area contributed by atoms with Gasteiger partial charge in [0, 0.05) is 12.1 Å². The van der Waals surface area contributed by atoms with Crippen LogP contribution in [-0.4, -0.2) is 37.7 Å². The maximum Gasteiger partial charge on any atom is 0.323 e. The first-order valence-electron chi connectivity index (χ1n) is 7.11. The number of esters is 1. The van der Waals surface area contributed by atoms with Crippen molar-refractivity contribution in [1.82, 2.24) is 4.90 Å². The summed E-state index contributed by atoms with van der Waals surface area (Å²) in [4.78, 5) is 14.1. The molecule has 0 radical (unpaired) electrons. The van der Waals surface area contributed by atoms with E-state index in [1.165, 1.54) is 12.7 Å². The average Bonchev–Trinajstić information content (AvgIpc) is 2.47. The minimum absolute atomic E-state index is 0.126. The van der Waals surface area contributed by atoms with Gasteiger partial charge in [0.15, 0.2) is 0 Å². The monoisotopic (exact) mass is 277 g/mol. The lowest BCUT2D eigenvalue weighted by Gasteiger charge is -2.34. The summed E-state index contributed by atoms with van der Waals surface area (Å²) in [6.45, 7) is 3.72. The third kappa shape index (κ3) is 3.31. The molecule has 1 aliphatic rings. The molecule has 0 bridgehead atoms. The molecule has 0 amide bonds. The molecular weight excluding hydrogens is 254 g/mol. The van der Waals surface area contributed by atoms with E-state index in [9.17, 15) is 4.79 Å². The van der Waals surface area contributed by atoms with Crippen LogP contribution < -0.4 is 4.74 Å². The van der Waals surface area contributed by atoms with Crippen LogP contribution in [0.5, 0.6) is 5.75 Å². The Bertz CT molecular complexity index is 473. The molecule has 1 heterocycles. The molecule has 0 aliphatic carbocycles. The van der Waals surface area contributed by atoms with E-state index in [4.69, 9.17) is 9.47 Å². The van der Waals surface area contributed by atoms with Gasteiger partial charge in [-0.15, -0.1) is 0 Å². The number of rotatable bonds is 4. The van der Waals surface area contributed by atoms with Crippen LogP contribution in [0.4, 0.5) is 0 Å². The molecule has 110 valence electrons. The minimum Gasteiger partial charge on any atom is -0.496 e. The van der Waals surface area contributed by atoms with Crippen LogP contribution in [-0.2, 0) is 16.1 Å². The second-order valence-corrected chi connectivity index (χ2v) is 5.32. The fourth-order valence-corrected chi connectivity index (χ4v) is 2.83. The average molecular weight is 277 g/mol. The summed E-state index contributed by atoms with van der Waals surface area (Å²) in [6, 6.07) is 6.03. The van der Waals surface area contributed by atoms with Gasteiger partial charge in [0.2, 0.25) is 0 Å². The van der Waals surface area contributed by atoms with Crippen molar-refractivity contribution >= 4 is 5.97 Å². The Hall–Kier alpha value is -1.55. The highest BCUT2D eigenvalue weighted by Crippen LogP contribution is 2.26. The summed E-state index contributed by atoms with van der Waals surface area (Å²) in [7, 11) is 3.14. The number of hydrogen-bond acceptors (Lipinski definition) is 4. The number of methoxy groups -OCH3 is 2. The molecule has 0 saturated carbocycles. The SMILES string of the molecule is COC(=O)[C@H]1CCCCN1Cc1cc(C)ccc1OC. The number of carbonyl (C=O) groups is 1. The normalized spacial score (nSPS) is 19.6. The maximum atomic E-state index is 11.9. The van der Waals surface area contributed by atoms with Gasteiger partial charge in [-0.1, -0.05) is 24.1 Å². The van der Waals surface area contributed by atoms with Gasteiger partial charge in [0.25, 0.3) is 0 Å². The van der Waals surface area contributed by atoms with E-state index < -0.39 is 0 Å². The summed E-state index contributed by atoms with van der Waals surface area (Å²) in [5.41, 5.74) is 2.33. The highest BCUT2D eigenvalue weighted by atomic mass is 16.5. The lowest BCUT2D eigenvalue weighted by molar-refractivity contribution is -0.148. The van der Waals surface area contributed by atoms with Crippen LogP contribution in [0.3, 0.4) is 0 Å². The highest BCUT2D eigenvalue weighted by Gasteiger charge is 2.29. The summed E-state index contributed by atoms with van der Waals surface area (Å²) in [6.07, 6.45) is 3.09. The first-order chi connectivity index (χ1) is 9.65. The van der Waals surface area contributed by atoms with Gasteiger partial charge in [0.1, 0.15) is 11.8 Å². The van der Waals surface area contributed by atoms with Crippen molar-refractivity contribution in [3.8, 4) is 5.75 Å². The summed E-state index contributed by atoms with van der Waals surface area (Å²) in [5.74, 6) is 0.751. The third-order valence-corrected chi connectivity index (χ3v) is 3.90. The standard InChI is InChI=1S/C16H23NO3/c1-12-7-8-15(19-2)13(10-12)11-17-9-5-4-6-14(17)16(18)20-3/h7-8,10,14H,4-6,9,11H2,1-3H3/t14-/m1/s1. The number of hydrogen-bond donors (Lipinski definition) is 0. The Labute approximate surface area is 120 Å². The van der Waals surface area contributed by atoms with E-state index in [0.29, 0.717) is 0 Å². The first kappa shape index (κ1) is 14.9. The number of piperidine rings is 1. The number of ether oxygens (including phenoxy) is 2. The molecule has 0 spiro atoms. The predicted octanol–water partition coefficient (Wildman–Crippen LogP) is 2.53. The van der Waals surface area contributed by atoms with Gasteiger partial charge < -0.3 is 9.47 Å². The van der Waals surface area contributed by atoms with Crippen molar-refractivity contribution < 1.29 is 14.3 Å². The van der Waals surface area contributed by atoms with E-state index in [-0.39, 0.29) is 12.0 Å². The smallest absolute Gasteiger partial charge is 0.323 e. The number of likely N-dealkylation sites (tertiary alicyclic amines) is 1. The minimum atomic E-state index is -0.128. The fraction of sp³-hybridized carbons (Fsp3) is 0.562. The molecule has 1 aromatic carbocycles. The second kappa shape index (κ2) is 6.75. The molecule has 0 N–H and O–H groups in total. The maximum absolute atomic E-state index is 11.9. The van der Waals surface area contributed by atoms with E-state index in [1.54, 1.807) is 7.11 Å². The molecule has 0 unspecified atom stereocenters. The largest absolute Gasteiger partial charge is 0.496 e. The molecule has 1 aliphatic heterocycles. The van der Waals surface area contributed by atoms with Crippen molar-refractivity contribution in [2.75, 3.05) is 20.8 Å². The van der Waals surface area contributed by atoms with Gasteiger partial charge in [-0.3, -0.25) is 9.69 Å². The van der Waals surface area contributed by atoms with E-state index in [1.807, 2.05) is 12.1 Å². The van der Waals surface area contributed by atoms with E-state index >= 15 is 0 Å². The molecular formula is C16H23NO3. The summed E-state index contributed by atoms with van der Waals surface area (Å²) < 4.78 is 10.3. The van der Waals surface area contributed by atoms with Gasteiger partial charge in [-0.05, 0) is 32.4 Å². The number of carbonyl (C=O) groups excluding carboxylic acids is 1. The molecule has 1 saturated heterocycles. The zero-order chi connectivity index (χ0) is 14.5. The van der Waals surface area contributed by atoms with Crippen LogP contribution in [0.15, 0.2) is 18.2 Å². The Morgan fingerprint density at radius 3 is 2.85 bits per heavy atom. The van der Waals surface area contributed by atoms with Crippen molar-refractivity contribution in [2.45, 2.75) is 38.8 Å².